The van der Waals surface area contributed by atoms with Crippen LogP contribution in [0.1, 0.15) is 20.8 Å². The second-order valence-corrected chi connectivity index (χ2v) is 3.39. The molecule has 0 aliphatic heterocycles. The fraction of sp³-hybridized carbons (Fsp3) is 0.273. The number of hydrogen-bond donors (Lipinski definition) is 1. The molecule has 0 radical (unpaired) electrons. The van der Waals surface area contributed by atoms with E-state index in [2.05, 4.69) is 24.5 Å². The molecule has 0 bridgehead atoms. The summed E-state index contributed by atoms with van der Waals surface area (Å²) < 4.78 is 14.1. The number of allylic oxidation sites excluding steroid dienone is 3. The van der Waals surface area contributed by atoms with Gasteiger partial charge in [-0.3, -0.25) is 0 Å². The van der Waals surface area contributed by atoms with E-state index in [0.717, 1.165) is 22.5 Å². The molecule has 1 N–H and O–H groups in total. The monoisotopic (exact) mass is 244 g/mol. The molecule has 4 nitrogen and oxygen atoms in total. The quantitative estimate of drug-likeness (QED) is 0.595. The van der Waals surface area contributed by atoms with Gasteiger partial charge in [0.05, 0.1) is 17.3 Å². The lowest BCUT2D eigenvalue weighted by molar-refractivity contribution is 0.128. The Kier molecular flexibility index (Phi) is 10.4. The highest BCUT2D eigenvalue weighted by molar-refractivity contribution is 5.98. The highest BCUT2D eigenvalue weighted by atomic mass is 28.2. The zero-order valence-corrected chi connectivity index (χ0v) is 12.4. The van der Waals surface area contributed by atoms with E-state index >= 15 is 0 Å². The zero-order valence-electron chi connectivity index (χ0n) is 10.4. The molecular formula is C11H20O4Si. The summed E-state index contributed by atoms with van der Waals surface area (Å²) in [6.45, 7) is 15.5. The van der Waals surface area contributed by atoms with E-state index in [1.54, 1.807) is 13.8 Å². The smallest absolute Gasteiger partial charge is 0.318 e. The van der Waals surface area contributed by atoms with Gasteiger partial charge in [-0.05, 0) is 20.8 Å². The zero-order chi connectivity index (χ0) is 13.1. The van der Waals surface area contributed by atoms with Gasteiger partial charge >= 0.3 is 5.95 Å². The van der Waals surface area contributed by atoms with Crippen LogP contribution in [-0.2, 0) is 13.9 Å². The molecule has 0 saturated carbocycles. The molecule has 0 aromatic rings. The number of aliphatic hydroxyl groups is 1. The minimum atomic E-state index is -0.333. The van der Waals surface area contributed by atoms with Crippen LogP contribution in [0.25, 0.3) is 0 Å². The van der Waals surface area contributed by atoms with E-state index in [1.807, 2.05) is 6.92 Å². The van der Waals surface area contributed by atoms with Gasteiger partial charge in [0.1, 0.15) is 0 Å². The Balaban J connectivity index is 0. The van der Waals surface area contributed by atoms with Crippen molar-refractivity contribution in [1.82, 2.24) is 0 Å². The van der Waals surface area contributed by atoms with E-state index in [9.17, 15) is 0 Å². The predicted molar refractivity (Wildman–Crippen MR) is 68.3 cm³/mol. The van der Waals surface area contributed by atoms with Gasteiger partial charge in [-0.15, -0.1) is 0 Å². The van der Waals surface area contributed by atoms with Gasteiger partial charge in [-0.1, -0.05) is 19.7 Å². The van der Waals surface area contributed by atoms with Crippen LogP contribution in [0.2, 0.25) is 0 Å². The predicted octanol–water partition coefficient (Wildman–Crippen LogP) is 2.26. The van der Waals surface area contributed by atoms with Gasteiger partial charge in [0.15, 0.2) is 6.26 Å². The first-order valence-electron chi connectivity index (χ1n) is 4.53. The second-order valence-electron chi connectivity index (χ2n) is 2.99. The van der Waals surface area contributed by atoms with Crippen molar-refractivity contribution in [2.75, 3.05) is 0 Å². The summed E-state index contributed by atoms with van der Waals surface area (Å²) in [6, 6.07) is 0. The average molecular weight is 244 g/mol. The van der Waals surface area contributed by atoms with E-state index in [0.29, 0.717) is 11.5 Å². The molecule has 0 rings (SSSR count). The lowest BCUT2D eigenvalue weighted by atomic mass is 10.6. The third-order valence-electron chi connectivity index (χ3n) is 0.988. The van der Waals surface area contributed by atoms with Gasteiger partial charge < -0.3 is 19.0 Å². The van der Waals surface area contributed by atoms with Gasteiger partial charge in [-0.2, -0.15) is 0 Å². The van der Waals surface area contributed by atoms with Gasteiger partial charge in [-0.25, -0.2) is 0 Å². The third-order valence-corrected chi connectivity index (χ3v) is 1.69. The first-order valence-corrected chi connectivity index (χ1v) is 5.35. The van der Waals surface area contributed by atoms with Crippen molar-refractivity contribution in [3.63, 3.8) is 0 Å². The first-order chi connectivity index (χ1) is 7.29. The Morgan fingerprint density at radius 3 is 1.75 bits per heavy atom. The Morgan fingerprint density at radius 1 is 1.06 bits per heavy atom. The van der Waals surface area contributed by atoms with Crippen LogP contribution in [0.4, 0.5) is 0 Å². The topological polar surface area (TPSA) is 47.9 Å². The summed E-state index contributed by atoms with van der Waals surface area (Å²) in [4.78, 5) is 0. The molecule has 0 unspecified atom stereocenters. The van der Waals surface area contributed by atoms with Crippen LogP contribution in [0.15, 0.2) is 49.2 Å². The van der Waals surface area contributed by atoms with Crippen molar-refractivity contribution < 1.29 is 19.0 Å². The first kappa shape index (κ1) is 16.8. The van der Waals surface area contributed by atoms with Crippen molar-refractivity contribution in [2.24, 2.45) is 0 Å². The van der Waals surface area contributed by atoms with E-state index in [-0.39, 0.29) is 5.95 Å². The largest absolute Gasteiger partial charge is 0.557 e. The Morgan fingerprint density at radius 2 is 1.50 bits per heavy atom. The number of hydrogen-bond acceptors (Lipinski definition) is 4. The van der Waals surface area contributed by atoms with Crippen LogP contribution in [0, 0.1) is 0 Å². The standard InChI is InChI=1S/C8H12O3.C3H8OSi/c1-6(2)10-5-8(9)11-7(3)4;1-3(2)4-5/h5,9H,1,3H2,2,4H3;1H2,2,5H3. The Labute approximate surface area is 100 Å². The molecular weight excluding hydrogens is 224 g/mol. The lowest BCUT2D eigenvalue weighted by Gasteiger charge is -2.02. The molecule has 16 heavy (non-hydrogen) atoms. The van der Waals surface area contributed by atoms with Crippen LogP contribution < -0.4 is 0 Å². The van der Waals surface area contributed by atoms with Crippen molar-refractivity contribution in [2.45, 2.75) is 20.8 Å². The fourth-order valence-electron chi connectivity index (χ4n) is 0.354. The van der Waals surface area contributed by atoms with Gasteiger partial charge in [0.2, 0.25) is 10.5 Å². The SMILES string of the molecule is C=C(C)OC=C(O)OC(=C)C.C=C(C)O[SiH3]. The highest BCUT2D eigenvalue weighted by Gasteiger charge is 1.93. The van der Waals surface area contributed by atoms with Crippen LogP contribution in [0.5, 0.6) is 0 Å². The maximum absolute atomic E-state index is 8.88. The summed E-state index contributed by atoms with van der Waals surface area (Å²) in [7, 11) is 0.774. The number of rotatable bonds is 5. The second kappa shape index (κ2) is 9.91. The molecule has 0 spiro atoms. The summed E-state index contributed by atoms with van der Waals surface area (Å²) in [5, 5.41) is 8.88. The summed E-state index contributed by atoms with van der Waals surface area (Å²) in [5.41, 5.74) is 0. The van der Waals surface area contributed by atoms with Crippen LogP contribution in [-0.4, -0.2) is 15.6 Å². The number of ether oxygens (including phenoxy) is 2. The molecule has 5 heteroatoms. The molecule has 92 valence electrons. The minimum absolute atomic E-state index is 0.333. The minimum Gasteiger partial charge on any atom is -0.557 e. The van der Waals surface area contributed by atoms with E-state index in [4.69, 9.17) is 14.3 Å². The van der Waals surface area contributed by atoms with Crippen LogP contribution in [0.3, 0.4) is 0 Å². The summed E-state index contributed by atoms with van der Waals surface area (Å²) in [6.07, 6.45) is 1.05. The van der Waals surface area contributed by atoms with Gasteiger partial charge in [0, 0.05) is 0 Å². The molecule has 0 aliphatic rings. The summed E-state index contributed by atoms with van der Waals surface area (Å²) >= 11 is 0. The lowest BCUT2D eigenvalue weighted by Crippen LogP contribution is -1.88. The van der Waals surface area contributed by atoms with Crippen LogP contribution >= 0.6 is 0 Å². The molecule has 0 atom stereocenters. The maximum Gasteiger partial charge on any atom is 0.318 e. The molecule has 0 aliphatic carbocycles. The molecule has 0 fully saturated rings. The Hall–Kier alpha value is -1.62. The van der Waals surface area contributed by atoms with Crippen molar-refractivity contribution in [1.29, 1.82) is 0 Å². The van der Waals surface area contributed by atoms with Gasteiger partial charge in [0.25, 0.3) is 0 Å². The molecule has 0 amide bonds. The Bertz CT molecular complexity index is 282. The molecule has 0 saturated heterocycles. The molecule has 0 aromatic carbocycles. The number of aliphatic hydroxyl groups excluding tert-OH is 1. The molecule has 0 heterocycles. The molecule has 0 aromatic heterocycles. The fourth-order valence-corrected chi connectivity index (χ4v) is 0.354. The normalized spacial score (nSPS) is 9.56. The van der Waals surface area contributed by atoms with Crippen molar-refractivity contribution in [3.8, 4) is 0 Å². The van der Waals surface area contributed by atoms with Crippen molar-refractivity contribution >= 4 is 10.5 Å². The average Bonchev–Trinajstić information content (AvgIpc) is 2.14. The summed E-state index contributed by atoms with van der Waals surface area (Å²) in [5.74, 6) is 1.35. The van der Waals surface area contributed by atoms with E-state index < -0.39 is 0 Å². The van der Waals surface area contributed by atoms with E-state index in [1.165, 1.54) is 0 Å². The third kappa shape index (κ3) is 18.2. The maximum atomic E-state index is 8.88. The highest BCUT2D eigenvalue weighted by Crippen LogP contribution is 2.01. The van der Waals surface area contributed by atoms with Crippen molar-refractivity contribution in [3.05, 3.63) is 49.2 Å².